The lowest BCUT2D eigenvalue weighted by atomic mass is 10.1. The van der Waals surface area contributed by atoms with E-state index in [1.54, 1.807) is 0 Å². The van der Waals surface area contributed by atoms with E-state index in [0.717, 1.165) is 6.54 Å². The molecule has 1 fully saturated rings. The molecule has 0 saturated carbocycles. The first-order valence-corrected chi connectivity index (χ1v) is 8.81. The fourth-order valence-electron chi connectivity index (χ4n) is 3.00. The smallest absolute Gasteiger partial charge is 0.189 e. The van der Waals surface area contributed by atoms with Gasteiger partial charge in [0, 0.05) is 12.1 Å². The topological polar surface area (TPSA) is 53.6 Å². The van der Waals surface area contributed by atoms with Crippen molar-refractivity contribution in [1.29, 1.82) is 0 Å². The van der Waals surface area contributed by atoms with Crippen LogP contribution < -0.4 is 11.1 Å². The molecule has 0 radical (unpaired) electrons. The SMILES string of the molecule is CC(C)(C)NC(N)=NCc1ccccc1CN1CCCCCC1.I. The summed E-state index contributed by atoms with van der Waals surface area (Å²) in [6, 6.07) is 8.60. The van der Waals surface area contributed by atoms with Crippen molar-refractivity contribution in [3.8, 4) is 0 Å². The summed E-state index contributed by atoms with van der Waals surface area (Å²) in [5, 5.41) is 3.22. The monoisotopic (exact) mass is 444 g/mol. The summed E-state index contributed by atoms with van der Waals surface area (Å²) in [6.07, 6.45) is 5.39. The van der Waals surface area contributed by atoms with E-state index < -0.39 is 0 Å². The van der Waals surface area contributed by atoms with E-state index in [-0.39, 0.29) is 29.5 Å². The second-order valence-corrected chi connectivity index (χ2v) is 7.54. The zero-order valence-corrected chi connectivity index (χ0v) is 17.7. The van der Waals surface area contributed by atoms with Gasteiger partial charge in [0.2, 0.25) is 0 Å². The minimum atomic E-state index is -0.0564. The number of rotatable bonds is 4. The molecule has 1 aliphatic rings. The van der Waals surface area contributed by atoms with Crippen molar-refractivity contribution >= 4 is 29.9 Å². The van der Waals surface area contributed by atoms with Gasteiger partial charge in [0.15, 0.2) is 5.96 Å². The highest BCUT2D eigenvalue weighted by Gasteiger charge is 2.12. The number of likely N-dealkylation sites (tertiary alicyclic amines) is 1. The van der Waals surface area contributed by atoms with Crippen LogP contribution in [0.15, 0.2) is 29.3 Å². The Morgan fingerprint density at radius 1 is 1.08 bits per heavy atom. The number of benzene rings is 1. The van der Waals surface area contributed by atoms with E-state index in [1.807, 2.05) is 0 Å². The molecular formula is C19H33IN4. The molecule has 1 heterocycles. The zero-order chi connectivity index (χ0) is 16.7. The van der Waals surface area contributed by atoms with Gasteiger partial charge in [0.05, 0.1) is 6.54 Å². The average molecular weight is 444 g/mol. The minimum Gasteiger partial charge on any atom is -0.370 e. The van der Waals surface area contributed by atoms with Gasteiger partial charge in [-0.1, -0.05) is 37.1 Å². The van der Waals surface area contributed by atoms with E-state index in [4.69, 9.17) is 5.73 Å². The molecule has 1 saturated heterocycles. The lowest BCUT2D eigenvalue weighted by molar-refractivity contribution is 0.276. The number of halogens is 1. The van der Waals surface area contributed by atoms with E-state index in [9.17, 15) is 0 Å². The lowest BCUT2D eigenvalue weighted by Crippen LogP contribution is -2.45. The molecular weight excluding hydrogens is 411 g/mol. The molecule has 0 aliphatic carbocycles. The Kier molecular flexibility index (Phi) is 9.05. The van der Waals surface area contributed by atoms with E-state index in [2.05, 4.69) is 60.2 Å². The van der Waals surface area contributed by atoms with Gasteiger partial charge in [-0.2, -0.15) is 0 Å². The highest BCUT2D eigenvalue weighted by Crippen LogP contribution is 2.16. The molecule has 3 N–H and O–H groups in total. The van der Waals surface area contributed by atoms with Crippen LogP contribution in [-0.4, -0.2) is 29.5 Å². The zero-order valence-electron chi connectivity index (χ0n) is 15.3. The van der Waals surface area contributed by atoms with Crippen LogP contribution in [0.5, 0.6) is 0 Å². The molecule has 0 unspecified atom stereocenters. The van der Waals surface area contributed by atoms with Crippen LogP contribution in [0, 0.1) is 0 Å². The molecule has 1 aliphatic heterocycles. The normalized spacial score (nSPS) is 17.0. The molecule has 0 amide bonds. The average Bonchev–Trinajstić information content (AvgIpc) is 2.73. The van der Waals surface area contributed by atoms with Gasteiger partial charge in [-0.15, -0.1) is 24.0 Å². The molecule has 4 nitrogen and oxygen atoms in total. The maximum Gasteiger partial charge on any atom is 0.189 e. The number of guanidine groups is 1. The van der Waals surface area contributed by atoms with E-state index in [0.29, 0.717) is 12.5 Å². The molecule has 0 spiro atoms. The first kappa shape index (κ1) is 21.2. The van der Waals surface area contributed by atoms with Gasteiger partial charge in [0.1, 0.15) is 0 Å². The summed E-state index contributed by atoms with van der Waals surface area (Å²) >= 11 is 0. The Balaban J connectivity index is 0.00000288. The fraction of sp³-hybridized carbons (Fsp3) is 0.632. The molecule has 0 bridgehead atoms. The Hall–Kier alpha value is -0.820. The predicted octanol–water partition coefficient (Wildman–Crippen LogP) is 3.88. The maximum absolute atomic E-state index is 5.99. The van der Waals surface area contributed by atoms with E-state index in [1.165, 1.54) is 49.9 Å². The molecule has 0 atom stereocenters. The molecule has 5 heteroatoms. The van der Waals surface area contributed by atoms with Crippen LogP contribution in [0.2, 0.25) is 0 Å². The van der Waals surface area contributed by atoms with Crippen LogP contribution in [-0.2, 0) is 13.1 Å². The van der Waals surface area contributed by atoms with Gasteiger partial charge in [-0.3, -0.25) is 4.90 Å². The first-order chi connectivity index (χ1) is 10.9. The molecule has 1 aromatic rings. The van der Waals surface area contributed by atoms with Crippen molar-refractivity contribution in [2.45, 2.75) is 65.1 Å². The van der Waals surface area contributed by atoms with Crippen molar-refractivity contribution in [1.82, 2.24) is 10.2 Å². The number of nitrogens with zero attached hydrogens (tertiary/aromatic N) is 2. The van der Waals surface area contributed by atoms with Gasteiger partial charge in [0.25, 0.3) is 0 Å². The van der Waals surface area contributed by atoms with Crippen LogP contribution >= 0.6 is 24.0 Å². The summed E-state index contributed by atoms with van der Waals surface area (Å²) in [5.41, 5.74) is 8.58. The molecule has 24 heavy (non-hydrogen) atoms. The van der Waals surface area contributed by atoms with Gasteiger partial charge < -0.3 is 11.1 Å². The van der Waals surface area contributed by atoms with Crippen molar-refractivity contribution in [3.05, 3.63) is 35.4 Å². The Bertz CT molecular complexity index is 514. The predicted molar refractivity (Wildman–Crippen MR) is 114 cm³/mol. The van der Waals surface area contributed by atoms with E-state index >= 15 is 0 Å². The summed E-state index contributed by atoms with van der Waals surface area (Å²) in [7, 11) is 0. The third kappa shape index (κ3) is 7.83. The number of hydrogen-bond acceptors (Lipinski definition) is 2. The van der Waals surface area contributed by atoms with Crippen LogP contribution in [0.3, 0.4) is 0 Å². The largest absolute Gasteiger partial charge is 0.370 e. The standard InChI is InChI=1S/C19H32N4.HI/c1-19(2,3)22-18(20)21-14-16-10-6-7-11-17(16)15-23-12-8-4-5-9-13-23;/h6-7,10-11H,4-5,8-9,12-15H2,1-3H3,(H3,20,21,22);1H. The first-order valence-electron chi connectivity index (χ1n) is 8.81. The van der Waals surface area contributed by atoms with Gasteiger partial charge >= 0.3 is 0 Å². The third-order valence-electron chi connectivity index (χ3n) is 4.13. The highest BCUT2D eigenvalue weighted by molar-refractivity contribution is 14.0. The second kappa shape index (κ2) is 10.2. The minimum absolute atomic E-state index is 0. The Morgan fingerprint density at radius 2 is 1.67 bits per heavy atom. The second-order valence-electron chi connectivity index (χ2n) is 7.54. The number of nitrogens with one attached hydrogen (secondary N) is 1. The van der Waals surface area contributed by atoms with Crippen molar-refractivity contribution < 1.29 is 0 Å². The third-order valence-corrected chi connectivity index (χ3v) is 4.13. The van der Waals surface area contributed by atoms with Gasteiger partial charge in [-0.05, 0) is 57.8 Å². The molecule has 1 aromatic carbocycles. The summed E-state index contributed by atoms with van der Waals surface area (Å²) < 4.78 is 0. The van der Waals surface area contributed by atoms with Crippen molar-refractivity contribution in [2.75, 3.05) is 13.1 Å². The van der Waals surface area contributed by atoms with Crippen molar-refractivity contribution in [3.63, 3.8) is 0 Å². The number of aliphatic imine (C=N–C) groups is 1. The van der Waals surface area contributed by atoms with Crippen molar-refractivity contribution in [2.24, 2.45) is 10.7 Å². The quantitative estimate of drug-likeness (QED) is 0.421. The fourth-order valence-corrected chi connectivity index (χ4v) is 3.00. The summed E-state index contributed by atoms with van der Waals surface area (Å²) in [6.45, 7) is 10.3. The highest BCUT2D eigenvalue weighted by atomic mass is 127. The number of nitrogens with two attached hydrogens (primary N) is 1. The van der Waals surface area contributed by atoms with Crippen LogP contribution in [0.4, 0.5) is 0 Å². The Morgan fingerprint density at radius 3 is 2.25 bits per heavy atom. The lowest BCUT2D eigenvalue weighted by Gasteiger charge is -2.22. The molecule has 2 rings (SSSR count). The van der Waals surface area contributed by atoms with Crippen LogP contribution in [0.25, 0.3) is 0 Å². The molecule has 136 valence electrons. The summed E-state index contributed by atoms with van der Waals surface area (Å²) in [4.78, 5) is 7.09. The van der Waals surface area contributed by atoms with Crippen LogP contribution in [0.1, 0.15) is 57.6 Å². The Labute approximate surface area is 164 Å². The molecule has 0 aromatic heterocycles. The summed E-state index contributed by atoms with van der Waals surface area (Å²) in [5.74, 6) is 0.516. The number of hydrogen-bond donors (Lipinski definition) is 2. The van der Waals surface area contributed by atoms with Gasteiger partial charge in [-0.25, -0.2) is 4.99 Å². The maximum atomic E-state index is 5.99.